The van der Waals surface area contributed by atoms with Crippen LogP contribution in [0.2, 0.25) is 0 Å². The lowest BCUT2D eigenvalue weighted by Crippen LogP contribution is -2.10. The molecule has 0 aliphatic heterocycles. The predicted molar refractivity (Wildman–Crippen MR) is 86.3 cm³/mol. The van der Waals surface area contributed by atoms with Crippen molar-refractivity contribution in [3.8, 4) is 0 Å². The standard InChI is InChI=1S/C17H19N5/c1-2-6-13(7-3-1)14-12-15(17-19-10-11-22(17)21-14)20-16-8-4-5-9-18-16/h4-5,8-13H,1-3,6-7H2,(H,18,20). The fourth-order valence-corrected chi connectivity index (χ4v) is 3.20. The van der Waals surface area contributed by atoms with Crippen molar-refractivity contribution in [3.05, 3.63) is 48.5 Å². The summed E-state index contributed by atoms with van der Waals surface area (Å²) in [6.07, 6.45) is 11.9. The van der Waals surface area contributed by atoms with Gasteiger partial charge in [-0.15, -0.1) is 0 Å². The molecule has 1 aliphatic carbocycles. The van der Waals surface area contributed by atoms with Crippen molar-refractivity contribution < 1.29 is 0 Å². The second-order valence-corrected chi connectivity index (χ2v) is 5.85. The number of aromatic nitrogens is 4. The van der Waals surface area contributed by atoms with E-state index in [1.54, 1.807) is 12.4 Å². The first kappa shape index (κ1) is 13.2. The average Bonchev–Trinajstić information content (AvgIpc) is 3.05. The third-order valence-electron chi connectivity index (χ3n) is 4.33. The van der Waals surface area contributed by atoms with Crippen LogP contribution in [0.15, 0.2) is 42.9 Å². The minimum Gasteiger partial charge on any atom is -0.337 e. The van der Waals surface area contributed by atoms with Crippen molar-refractivity contribution in [2.45, 2.75) is 38.0 Å². The van der Waals surface area contributed by atoms with Crippen LogP contribution in [0.1, 0.15) is 43.7 Å². The summed E-state index contributed by atoms with van der Waals surface area (Å²) in [6, 6.07) is 7.99. The monoisotopic (exact) mass is 293 g/mol. The lowest BCUT2D eigenvalue weighted by atomic mass is 9.87. The van der Waals surface area contributed by atoms with Crippen LogP contribution in [0.3, 0.4) is 0 Å². The third kappa shape index (κ3) is 2.54. The number of hydrogen-bond acceptors (Lipinski definition) is 4. The van der Waals surface area contributed by atoms with E-state index in [1.807, 2.05) is 28.9 Å². The van der Waals surface area contributed by atoms with E-state index in [0.29, 0.717) is 5.92 Å². The maximum absolute atomic E-state index is 4.75. The van der Waals surface area contributed by atoms with E-state index in [9.17, 15) is 0 Å². The van der Waals surface area contributed by atoms with Gasteiger partial charge >= 0.3 is 0 Å². The number of nitrogens with one attached hydrogen (secondary N) is 1. The molecule has 0 unspecified atom stereocenters. The lowest BCUT2D eigenvalue weighted by molar-refractivity contribution is 0.433. The summed E-state index contributed by atoms with van der Waals surface area (Å²) >= 11 is 0. The predicted octanol–water partition coefficient (Wildman–Crippen LogP) is 3.92. The molecule has 112 valence electrons. The smallest absolute Gasteiger partial charge is 0.177 e. The van der Waals surface area contributed by atoms with Crippen LogP contribution >= 0.6 is 0 Å². The van der Waals surface area contributed by atoms with E-state index >= 15 is 0 Å². The number of imidazole rings is 1. The summed E-state index contributed by atoms with van der Waals surface area (Å²) in [7, 11) is 0. The topological polar surface area (TPSA) is 55.1 Å². The second kappa shape index (κ2) is 5.75. The highest BCUT2D eigenvalue weighted by atomic mass is 15.3. The minimum atomic E-state index is 0.560. The van der Waals surface area contributed by atoms with Crippen LogP contribution in [0.4, 0.5) is 11.5 Å². The van der Waals surface area contributed by atoms with Gasteiger partial charge in [-0.05, 0) is 31.0 Å². The molecule has 22 heavy (non-hydrogen) atoms. The van der Waals surface area contributed by atoms with Crippen LogP contribution in [-0.2, 0) is 0 Å². The molecule has 0 atom stereocenters. The number of pyridine rings is 1. The Balaban J connectivity index is 1.73. The maximum Gasteiger partial charge on any atom is 0.177 e. The third-order valence-corrected chi connectivity index (χ3v) is 4.33. The molecule has 0 amide bonds. The van der Waals surface area contributed by atoms with E-state index < -0.39 is 0 Å². The van der Waals surface area contributed by atoms with Crippen LogP contribution < -0.4 is 5.32 Å². The van der Waals surface area contributed by atoms with E-state index in [-0.39, 0.29) is 0 Å². The van der Waals surface area contributed by atoms with E-state index in [4.69, 9.17) is 5.10 Å². The Bertz CT molecular complexity index is 759. The van der Waals surface area contributed by atoms with Gasteiger partial charge in [0.1, 0.15) is 5.82 Å². The van der Waals surface area contributed by atoms with Gasteiger partial charge in [-0.3, -0.25) is 0 Å². The molecule has 0 spiro atoms. The largest absolute Gasteiger partial charge is 0.337 e. The van der Waals surface area contributed by atoms with Gasteiger partial charge < -0.3 is 5.32 Å². The van der Waals surface area contributed by atoms with E-state index in [2.05, 4.69) is 21.4 Å². The zero-order valence-corrected chi connectivity index (χ0v) is 12.4. The molecule has 3 aromatic rings. The summed E-state index contributed by atoms with van der Waals surface area (Å²) < 4.78 is 1.87. The molecule has 5 heteroatoms. The number of rotatable bonds is 3. The molecule has 1 N–H and O–H groups in total. The molecule has 1 aliphatic rings. The van der Waals surface area contributed by atoms with E-state index in [1.165, 1.54) is 32.1 Å². The van der Waals surface area contributed by atoms with Crippen LogP contribution in [0.5, 0.6) is 0 Å². The van der Waals surface area contributed by atoms with Gasteiger partial charge in [0.25, 0.3) is 0 Å². The maximum atomic E-state index is 4.75. The molecule has 1 saturated carbocycles. The number of hydrogen-bond donors (Lipinski definition) is 1. The van der Waals surface area contributed by atoms with Crippen LogP contribution in [-0.4, -0.2) is 19.6 Å². The van der Waals surface area contributed by atoms with Crippen molar-refractivity contribution in [2.24, 2.45) is 0 Å². The molecule has 5 nitrogen and oxygen atoms in total. The first-order valence-electron chi connectivity index (χ1n) is 7.92. The molecule has 0 radical (unpaired) electrons. The van der Waals surface area contributed by atoms with Gasteiger partial charge in [0, 0.05) is 24.5 Å². The summed E-state index contributed by atoms with van der Waals surface area (Å²) in [5.74, 6) is 1.39. The van der Waals surface area contributed by atoms with Gasteiger partial charge in [0.05, 0.1) is 11.4 Å². The second-order valence-electron chi connectivity index (χ2n) is 5.85. The molecule has 4 rings (SSSR count). The molecule has 0 aromatic carbocycles. The quantitative estimate of drug-likeness (QED) is 0.795. The van der Waals surface area contributed by atoms with Gasteiger partial charge in [0.2, 0.25) is 0 Å². The van der Waals surface area contributed by atoms with Crippen molar-refractivity contribution in [3.63, 3.8) is 0 Å². The highest BCUT2D eigenvalue weighted by Gasteiger charge is 2.19. The van der Waals surface area contributed by atoms with Gasteiger partial charge in [-0.25, -0.2) is 14.5 Å². The fraction of sp³-hybridized carbons (Fsp3) is 0.353. The van der Waals surface area contributed by atoms with Gasteiger partial charge in [-0.2, -0.15) is 5.10 Å². The summed E-state index contributed by atoms with van der Waals surface area (Å²) in [6.45, 7) is 0. The Hall–Kier alpha value is -2.43. The SMILES string of the molecule is c1ccc(Nc2cc(C3CCCCC3)nn3ccnc23)nc1. The number of nitrogens with zero attached hydrogens (tertiary/aromatic N) is 4. The molecule has 3 heterocycles. The minimum absolute atomic E-state index is 0.560. The number of fused-ring (bicyclic) bond motifs is 1. The Labute approximate surface area is 129 Å². The summed E-state index contributed by atoms with van der Waals surface area (Å²) in [4.78, 5) is 8.75. The first-order valence-corrected chi connectivity index (χ1v) is 7.92. The zero-order chi connectivity index (χ0) is 14.8. The average molecular weight is 293 g/mol. The Morgan fingerprint density at radius 1 is 1.05 bits per heavy atom. The van der Waals surface area contributed by atoms with Gasteiger partial charge in [-0.1, -0.05) is 25.3 Å². The molecule has 1 fully saturated rings. The Kier molecular flexibility index (Phi) is 3.46. The molecule has 3 aromatic heterocycles. The fourth-order valence-electron chi connectivity index (χ4n) is 3.20. The Morgan fingerprint density at radius 3 is 2.77 bits per heavy atom. The van der Waals surface area contributed by atoms with E-state index in [0.717, 1.165) is 22.8 Å². The number of anilines is 2. The summed E-state index contributed by atoms with van der Waals surface area (Å²) in [5.41, 5.74) is 2.97. The lowest BCUT2D eigenvalue weighted by Gasteiger charge is -2.21. The zero-order valence-electron chi connectivity index (χ0n) is 12.4. The van der Waals surface area contributed by atoms with Crippen molar-refractivity contribution in [2.75, 3.05) is 5.32 Å². The van der Waals surface area contributed by atoms with Crippen molar-refractivity contribution in [1.82, 2.24) is 19.6 Å². The molecule has 0 saturated heterocycles. The Morgan fingerprint density at radius 2 is 1.95 bits per heavy atom. The van der Waals surface area contributed by atoms with Crippen LogP contribution in [0, 0.1) is 0 Å². The normalized spacial score (nSPS) is 16.0. The molecular formula is C17H19N5. The highest BCUT2D eigenvalue weighted by Crippen LogP contribution is 2.33. The van der Waals surface area contributed by atoms with Crippen molar-refractivity contribution >= 4 is 17.2 Å². The summed E-state index contributed by atoms with van der Waals surface area (Å²) in [5, 5.41) is 8.13. The van der Waals surface area contributed by atoms with Crippen molar-refractivity contribution in [1.29, 1.82) is 0 Å². The highest BCUT2D eigenvalue weighted by molar-refractivity contribution is 5.72. The first-order chi connectivity index (χ1) is 10.9. The molecule has 0 bridgehead atoms. The van der Waals surface area contributed by atoms with Crippen LogP contribution in [0.25, 0.3) is 5.65 Å². The molecular weight excluding hydrogens is 274 g/mol. The van der Waals surface area contributed by atoms with Gasteiger partial charge in [0.15, 0.2) is 5.65 Å².